The fraction of sp³-hybridized carbons (Fsp3) is 0.667. The molecule has 0 spiro atoms. The van der Waals surface area contributed by atoms with Crippen LogP contribution in [0.5, 0.6) is 0 Å². The molecule has 1 saturated carbocycles. The van der Waals surface area contributed by atoms with E-state index < -0.39 is 0 Å². The van der Waals surface area contributed by atoms with Gasteiger partial charge in [-0.3, -0.25) is 0 Å². The van der Waals surface area contributed by atoms with Crippen LogP contribution < -0.4 is 5.43 Å². The van der Waals surface area contributed by atoms with Crippen LogP contribution in [0.25, 0.3) is 0 Å². The van der Waals surface area contributed by atoms with Crippen LogP contribution in [0.15, 0.2) is 26.5 Å². The molecule has 20 heavy (non-hydrogen) atoms. The Hall–Kier alpha value is -0.320. The lowest BCUT2D eigenvalue weighted by molar-refractivity contribution is 0.341. The molecule has 0 amide bonds. The highest BCUT2D eigenvalue weighted by atomic mass is 79.9. The quantitative estimate of drug-likeness (QED) is 0.722. The van der Waals surface area contributed by atoms with E-state index in [4.69, 9.17) is 16.6 Å². The second-order valence-electron chi connectivity index (χ2n) is 5.53. The lowest BCUT2D eigenvalue weighted by Crippen LogP contribution is -2.34. The molecule has 2 rings (SSSR count). The zero-order valence-electron chi connectivity index (χ0n) is 12.3. The molecule has 112 valence electrons. The minimum absolute atomic E-state index is 0.676. The summed E-state index contributed by atoms with van der Waals surface area (Å²) in [6.07, 6.45) is 11.2. The van der Waals surface area contributed by atoms with Crippen molar-refractivity contribution >= 4 is 33.2 Å². The van der Waals surface area contributed by atoms with Crippen molar-refractivity contribution in [3.05, 3.63) is 21.5 Å². The summed E-state index contributed by atoms with van der Waals surface area (Å²) in [7, 11) is 1.84. The summed E-state index contributed by atoms with van der Waals surface area (Å²) in [4.78, 5) is 4.72. The van der Waals surface area contributed by atoms with Gasteiger partial charge in [0.2, 0.25) is 0 Å². The molecule has 0 unspecified atom stereocenters. The topological polar surface area (TPSA) is 27.6 Å². The molecular weight excluding hydrogens is 338 g/mol. The van der Waals surface area contributed by atoms with Crippen LogP contribution in [0.3, 0.4) is 0 Å². The van der Waals surface area contributed by atoms with Crippen molar-refractivity contribution in [2.24, 2.45) is 10.9 Å². The van der Waals surface area contributed by atoms with Crippen molar-refractivity contribution in [1.82, 2.24) is 10.4 Å². The number of aliphatic imine (C=N–C) groups is 1. The highest BCUT2D eigenvalue weighted by Gasteiger charge is 2.20. The average Bonchev–Trinajstić information content (AvgIpc) is 2.45. The van der Waals surface area contributed by atoms with E-state index in [1.54, 1.807) is 5.01 Å². The zero-order chi connectivity index (χ0) is 14.5. The third kappa shape index (κ3) is 4.09. The molecule has 1 fully saturated rings. The Morgan fingerprint density at radius 3 is 2.75 bits per heavy atom. The number of rotatable bonds is 4. The first kappa shape index (κ1) is 16.1. The lowest BCUT2D eigenvalue weighted by Gasteiger charge is -2.28. The normalized spacial score (nSPS) is 23.5. The van der Waals surface area contributed by atoms with Gasteiger partial charge in [0.25, 0.3) is 0 Å². The maximum Gasteiger partial charge on any atom is 0.158 e. The van der Waals surface area contributed by atoms with Crippen molar-refractivity contribution in [2.75, 3.05) is 7.05 Å². The number of hydrogen-bond acceptors (Lipinski definition) is 3. The van der Waals surface area contributed by atoms with E-state index in [9.17, 15) is 0 Å². The highest BCUT2D eigenvalue weighted by Crippen LogP contribution is 2.30. The minimum Gasteiger partial charge on any atom is -0.248 e. The molecule has 3 nitrogen and oxygen atoms in total. The van der Waals surface area contributed by atoms with Crippen molar-refractivity contribution < 1.29 is 0 Å². The molecule has 0 radical (unpaired) electrons. The molecule has 0 atom stereocenters. The highest BCUT2D eigenvalue weighted by molar-refractivity contribution is 9.11. The molecule has 2 aliphatic rings. The standard InChI is InChI=1S/C15H23BrClN3/c1-11(16)15-19-13(10-14(17)20(15)18-2)9-8-12-6-4-3-5-7-12/h10,12,18H,3-9H2,1-2H3/b15-11+. The molecule has 0 aromatic rings. The zero-order valence-corrected chi connectivity index (χ0v) is 14.6. The number of nitrogens with one attached hydrogen (secondary N) is 1. The second-order valence-corrected chi connectivity index (χ2v) is 7.11. The first-order valence-electron chi connectivity index (χ1n) is 7.40. The molecule has 1 aliphatic carbocycles. The molecule has 0 saturated heterocycles. The number of nitrogens with zero attached hydrogens (tertiary/aromatic N) is 2. The van der Waals surface area contributed by atoms with E-state index in [0.717, 1.165) is 28.4 Å². The number of hydrazine groups is 1. The van der Waals surface area contributed by atoms with E-state index in [-0.39, 0.29) is 0 Å². The molecule has 1 aliphatic heterocycles. The smallest absolute Gasteiger partial charge is 0.158 e. The number of allylic oxidation sites excluding steroid dienone is 2. The summed E-state index contributed by atoms with van der Waals surface area (Å²) in [6.45, 7) is 1.98. The Bertz CT molecular complexity index is 432. The van der Waals surface area contributed by atoms with E-state index in [0.29, 0.717) is 5.16 Å². The van der Waals surface area contributed by atoms with E-state index in [1.807, 2.05) is 20.0 Å². The van der Waals surface area contributed by atoms with Gasteiger partial charge in [0.1, 0.15) is 5.16 Å². The monoisotopic (exact) mass is 359 g/mol. The van der Waals surface area contributed by atoms with Gasteiger partial charge in [0.05, 0.1) is 0 Å². The minimum atomic E-state index is 0.676. The number of halogens is 2. The van der Waals surface area contributed by atoms with E-state index >= 15 is 0 Å². The molecule has 0 bridgehead atoms. The Balaban J connectivity index is 2.02. The Morgan fingerprint density at radius 2 is 2.15 bits per heavy atom. The molecule has 1 heterocycles. The van der Waals surface area contributed by atoms with Crippen LogP contribution in [0.1, 0.15) is 51.9 Å². The first-order chi connectivity index (χ1) is 9.61. The van der Waals surface area contributed by atoms with Gasteiger partial charge in [0.15, 0.2) is 5.82 Å². The van der Waals surface area contributed by atoms with Crippen LogP contribution in [-0.4, -0.2) is 17.8 Å². The van der Waals surface area contributed by atoms with Gasteiger partial charge in [-0.15, -0.1) is 0 Å². The predicted octanol–water partition coefficient (Wildman–Crippen LogP) is 4.90. The summed E-state index contributed by atoms with van der Waals surface area (Å²) in [6, 6.07) is 0. The summed E-state index contributed by atoms with van der Waals surface area (Å²) < 4.78 is 0.980. The molecule has 1 N–H and O–H groups in total. The second kappa shape index (κ2) is 7.62. The van der Waals surface area contributed by atoms with Crippen LogP contribution in [0.4, 0.5) is 0 Å². The molecular formula is C15H23BrClN3. The van der Waals surface area contributed by atoms with Crippen molar-refractivity contribution in [3.63, 3.8) is 0 Å². The first-order valence-corrected chi connectivity index (χ1v) is 8.57. The van der Waals surface area contributed by atoms with Gasteiger partial charge in [-0.2, -0.15) is 0 Å². The average molecular weight is 361 g/mol. The summed E-state index contributed by atoms with van der Waals surface area (Å²) in [5.41, 5.74) is 4.13. The van der Waals surface area contributed by atoms with Gasteiger partial charge in [-0.1, -0.05) is 59.6 Å². The maximum atomic E-state index is 6.33. The SMILES string of the molecule is CNN1C(Cl)=CC(CCC2CCCCC2)=N/C1=C(/C)Br. The van der Waals surface area contributed by atoms with E-state index in [2.05, 4.69) is 21.4 Å². The Labute approximate surface area is 135 Å². The Kier molecular flexibility index (Phi) is 6.12. The molecule has 0 aromatic carbocycles. The van der Waals surface area contributed by atoms with Crippen LogP contribution in [0, 0.1) is 5.92 Å². The molecule has 5 heteroatoms. The summed E-state index contributed by atoms with van der Waals surface area (Å²) in [5, 5.41) is 2.46. The molecule has 0 aromatic heterocycles. The van der Waals surface area contributed by atoms with Crippen LogP contribution in [-0.2, 0) is 0 Å². The summed E-state index contributed by atoms with van der Waals surface area (Å²) >= 11 is 9.83. The van der Waals surface area contributed by atoms with E-state index in [1.165, 1.54) is 38.5 Å². The van der Waals surface area contributed by atoms with Crippen molar-refractivity contribution in [1.29, 1.82) is 0 Å². The van der Waals surface area contributed by atoms with Crippen molar-refractivity contribution in [3.8, 4) is 0 Å². The van der Waals surface area contributed by atoms with Crippen LogP contribution in [0.2, 0.25) is 0 Å². The van der Waals surface area contributed by atoms with Gasteiger partial charge >= 0.3 is 0 Å². The van der Waals surface area contributed by atoms with Gasteiger partial charge in [-0.25, -0.2) is 15.4 Å². The van der Waals surface area contributed by atoms with Gasteiger partial charge in [0, 0.05) is 17.2 Å². The third-order valence-corrected chi connectivity index (χ3v) is 4.66. The lowest BCUT2D eigenvalue weighted by atomic mass is 9.85. The predicted molar refractivity (Wildman–Crippen MR) is 89.7 cm³/mol. The van der Waals surface area contributed by atoms with Crippen molar-refractivity contribution in [2.45, 2.75) is 51.9 Å². The van der Waals surface area contributed by atoms with Gasteiger partial charge in [-0.05, 0) is 31.8 Å². The third-order valence-electron chi connectivity index (χ3n) is 4.03. The fourth-order valence-electron chi connectivity index (χ4n) is 2.92. The van der Waals surface area contributed by atoms with Crippen LogP contribution >= 0.6 is 27.5 Å². The fourth-order valence-corrected chi connectivity index (χ4v) is 3.48. The largest absolute Gasteiger partial charge is 0.248 e. The maximum absolute atomic E-state index is 6.33. The van der Waals surface area contributed by atoms with Gasteiger partial charge < -0.3 is 0 Å². The Morgan fingerprint density at radius 1 is 1.45 bits per heavy atom. The number of hydrogen-bond donors (Lipinski definition) is 1. The summed E-state index contributed by atoms with van der Waals surface area (Å²) in [5.74, 6) is 1.72.